The second-order valence-corrected chi connectivity index (χ2v) is 4.51. The van der Waals surface area contributed by atoms with Crippen molar-refractivity contribution in [1.29, 1.82) is 0 Å². The van der Waals surface area contributed by atoms with Crippen molar-refractivity contribution in [1.82, 2.24) is 4.98 Å². The summed E-state index contributed by atoms with van der Waals surface area (Å²) in [6.45, 7) is 2.06. The number of nitrogens with zero attached hydrogens (tertiary/aromatic N) is 1. The number of benzene rings is 1. The van der Waals surface area contributed by atoms with Crippen LogP contribution in [0.1, 0.15) is 11.5 Å². The number of aromatic nitrogens is 1. The predicted octanol–water partition coefficient (Wildman–Crippen LogP) is 4.31. The number of alkyl halides is 1. The molecule has 0 unspecified atom stereocenters. The molecule has 1 heterocycles. The lowest BCUT2D eigenvalue weighted by molar-refractivity contribution is 0.497. The average molecular weight is 331 g/mol. The van der Waals surface area contributed by atoms with Crippen LogP contribution in [0.5, 0.6) is 0 Å². The third-order valence-electron chi connectivity index (χ3n) is 2.07. The molecule has 0 atom stereocenters. The quantitative estimate of drug-likeness (QED) is 0.767. The predicted molar refractivity (Wildman–Crippen MR) is 67.0 cm³/mol. The van der Waals surface area contributed by atoms with Crippen LogP contribution >= 0.6 is 31.9 Å². The van der Waals surface area contributed by atoms with Crippen LogP contribution < -0.4 is 0 Å². The van der Waals surface area contributed by atoms with Gasteiger partial charge in [0.25, 0.3) is 0 Å². The normalized spacial score (nSPS) is 10.6. The van der Waals surface area contributed by atoms with Gasteiger partial charge >= 0.3 is 0 Å². The first-order chi connectivity index (χ1) is 7.20. The highest BCUT2D eigenvalue weighted by Crippen LogP contribution is 2.29. The summed E-state index contributed by atoms with van der Waals surface area (Å²) >= 11 is 6.68. The molecule has 0 aliphatic rings. The van der Waals surface area contributed by atoms with Gasteiger partial charge in [-0.15, -0.1) is 0 Å². The van der Waals surface area contributed by atoms with Crippen molar-refractivity contribution in [2.75, 3.05) is 0 Å². The maximum Gasteiger partial charge on any atom is 0.206 e. The number of aryl methyl sites for hydroxylation is 1. The van der Waals surface area contributed by atoms with Gasteiger partial charge < -0.3 is 4.42 Å². The van der Waals surface area contributed by atoms with Crippen LogP contribution in [0.25, 0.3) is 11.3 Å². The summed E-state index contributed by atoms with van der Waals surface area (Å²) in [4.78, 5) is 4.37. The van der Waals surface area contributed by atoms with Gasteiger partial charge in [-0.25, -0.2) is 4.98 Å². The standard InChI is InChI=1S/C11H9Br2NO/c1-7-2-4-8(5-3-7)10-11(13)15-9(6-12)14-10/h2-5H,6H2,1H3. The number of hydrogen-bond donors (Lipinski definition) is 0. The SMILES string of the molecule is Cc1ccc(-c2nc(CBr)oc2Br)cc1. The zero-order valence-corrected chi connectivity index (χ0v) is 11.3. The average Bonchev–Trinajstić information content (AvgIpc) is 2.61. The summed E-state index contributed by atoms with van der Waals surface area (Å²) in [5.74, 6) is 0.678. The van der Waals surface area contributed by atoms with Gasteiger partial charge in [-0.3, -0.25) is 0 Å². The van der Waals surface area contributed by atoms with E-state index in [4.69, 9.17) is 4.42 Å². The Bertz CT molecular complexity index is 462. The molecule has 1 aromatic carbocycles. The van der Waals surface area contributed by atoms with Gasteiger partial charge in [0.2, 0.25) is 5.89 Å². The van der Waals surface area contributed by atoms with Gasteiger partial charge in [-0.2, -0.15) is 0 Å². The summed E-state index contributed by atoms with van der Waals surface area (Å²) in [6, 6.07) is 8.19. The van der Waals surface area contributed by atoms with Gasteiger partial charge in [0.1, 0.15) is 5.69 Å². The molecule has 0 fully saturated rings. The Kier molecular flexibility index (Phi) is 3.26. The molecule has 0 saturated heterocycles. The third kappa shape index (κ3) is 2.32. The van der Waals surface area contributed by atoms with Crippen molar-refractivity contribution in [2.24, 2.45) is 0 Å². The van der Waals surface area contributed by atoms with Crippen molar-refractivity contribution < 1.29 is 4.42 Å². The Balaban J connectivity index is 2.44. The van der Waals surface area contributed by atoms with E-state index in [1.54, 1.807) is 0 Å². The van der Waals surface area contributed by atoms with Crippen LogP contribution in [0.2, 0.25) is 0 Å². The summed E-state index contributed by atoms with van der Waals surface area (Å²) < 4.78 is 6.09. The third-order valence-corrected chi connectivity index (χ3v) is 3.09. The minimum atomic E-state index is 0.622. The van der Waals surface area contributed by atoms with E-state index in [0.29, 0.717) is 15.9 Å². The smallest absolute Gasteiger partial charge is 0.206 e. The molecule has 15 heavy (non-hydrogen) atoms. The Morgan fingerprint density at radius 1 is 1.27 bits per heavy atom. The van der Waals surface area contributed by atoms with E-state index in [9.17, 15) is 0 Å². The highest BCUT2D eigenvalue weighted by Gasteiger charge is 2.11. The van der Waals surface area contributed by atoms with Crippen molar-refractivity contribution in [3.63, 3.8) is 0 Å². The van der Waals surface area contributed by atoms with Crippen LogP contribution in [-0.2, 0) is 5.33 Å². The second-order valence-electron chi connectivity index (χ2n) is 3.23. The number of halogens is 2. The monoisotopic (exact) mass is 329 g/mol. The minimum absolute atomic E-state index is 0.622. The molecule has 1 aromatic heterocycles. The Morgan fingerprint density at radius 2 is 1.93 bits per heavy atom. The highest BCUT2D eigenvalue weighted by molar-refractivity contribution is 9.10. The van der Waals surface area contributed by atoms with Gasteiger partial charge in [-0.1, -0.05) is 45.8 Å². The fourth-order valence-corrected chi connectivity index (χ4v) is 2.03. The van der Waals surface area contributed by atoms with Crippen LogP contribution in [0, 0.1) is 6.92 Å². The van der Waals surface area contributed by atoms with E-state index in [0.717, 1.165) is 11.3 Å². The van der Waals surface area contributed by atoms with Crippen molar-refractivity contribution in [3.05, 3.63) is 40.4 Å². The lowest BCUT2D eigenvalue weighted by Crippen LogP contribution is -1.80. The van der Waals surface area contributed by atoms with Crippen LogP contribution in [0.15, 0.2) is 33.4 Å². The molecule has 0 amide bonds. The molecule has 2 rings (SSSR count). The van der Waals surface area contributed by atoms with Gasteiger partial charge in [0, 0.05) is 5.56 Å². The topological polar surface area (TPSA) is 26.0 Å². The van der Waals surface area contributed by atoms with Crippen LogP contribution in [0.3, 0.4) is 0 Å². The zero-order chi connectivity index (χ0) is 10.8. The number of oxazole rings is 1. The first-order valence-corrected chi connectivity index (χ1v) is 6.40. The van der Waals surface area contributed by atoms with Crippen molar-refractivity contribution in [3.8, 4) is 11.3 Å². The Hall–Kier alpha value is -0.610. The minimum Gasteiger partial charge on any atom is -0.432 e. The van der Waals surface area contributed by atoms with E-state index in [1.165, 1.54) is 5.56 Å². The molecule has 0 N–H and O–H groups in total. The molecule has 0 radical (unpaired) electrons. The first kappa shape index (κ1) is 10.9. The van der Waals surface area contributed by atoms with E-state index >= 15 is 0 Å². The summed E-state index contributed by atoms with van der Waals surface area (Å²) in [5.41, 5.74) is 3.15. The van der Waals surface area contributed by atoms with E-state index in [-0.39, 0.29) is 0 Å². The molecule has 0 bridgehead atoms. The Labute approximate surface area is 105 Å². The zero-order valence-electron chi connectivity index (χ0n) is 8.13. The molecule has 0 aliphatic heterocycles. The fourth-order valence-electron chi connectivity index (χ4n) is 1.29. The first-order valence-electron chi connectivity index (χ1n) is 4.49. The van der Waals surface area contributed by atoms with Crippen molar-refractivity contribution >= 4 is 31.9 Å². The van der Waals surface area contributed by atoms with Crippen LogP contribution in [-0.4, -0.2) is 4.98 Å². The molecule has 0 aliphatic carbocycles. The molecule has 4 heteroatoms. The van der Waals surface area contributed by atoms with E-state index in [1.807, 2.05) is 12.1 Å². The summed E-state index contributed by atoms with van der Waals surface area (Å²) in [6.07, 6.45) is 0. The maximum atomic E-state index is 5.41. The molecule has 0 spiro atoms. The molecule has 2 aromatic rings. The number of hydrogen-bond acceptors (Lipinski definition) is 2. The fraction of sp³-hybridized carbons (Fsp3) is 0.182. The summed E-state index contributed by atoms with van der Waals surface area (Å²) in [5, 5.41) is 0.622. The lowest BCUT2D eigenvalue weighted by atomic mass is 10.1. The number of rotatable bonds is 2. The van der Waals surface area contributed by atoms with E-state index in [2.05, 4.69) is 55.9 Å². The second kappa shape index (κ2) is 4.49. The highest BCUT2D eigenvalue weighted by atomic mass is 79.9. The molecule has 2 nitrogen and oxygen atoms in total. The summed E-state index contributed by atoms with van der Waals surface area (Å²) in [7, 11) is 0. The molecule has 78 valence electrons. The lowest BCUT2D eigenvalue weighted by Gasteiger charge is -1.96. The van der Waals surface area contributed by atoms with Crippen LogP contribution in [0.4, 0.5) is 0 Å². The molecular formula is C11H9Br2NO. The molecule has 0 saturated carbocycles. The molecular weight excluding hydrogens is 322 g/mol. The van der Waals surface area contributed by atoms with Gasteiger partial charge in [-0.05, 0) is 22.9 Å². The maximum absolute atomic E-state index is 5.41. The van der Waals surface area contributed by atoms with E-state index < -0.39 is 0 Å². The largest absolute Gasteiger partial charge is 0.432 e. The van der Waals surface area contributed by atoms with Gasteiger partial charge in [0.15, 0.2) is 4.67 Å². The Morgan fingerprint density at radius 3 is 2.47 bits per heavy atom. The van der Waals surface area contributed by atoms with Crippen molar-refractivity contribution in [2.45, 2.75) is 12.3 Å². The van der Waals surface area contributed by atoms with Gasteiger partial charge in [0.05, 0.1) is 5.33 Å².